The number of phenols is 1. The van der Waals surface area contributed by atoms with Gasteiger partial charge in [0.1, 0.15) is 17.3 Å². The number of halogens is 1. The third-order valence-corrected chi connectivity index (χ3v) is 2.91. The summed E-state index contributed by atoms with van der Waals surface area (Å²) in [6.07, 6.45) is 1.17. The van der Waals surface area contributed by atoms with Crippen LogP contribution in [0.25, 0.3) is 0 Å². The fraction of sp³-hybridized carbons (Fsp3) is 0.0625. The Labute approximate surface area is 136 Å². The van der Waals surface area contributed by atoms with Gasteiger partial charge in [-0.05, 0) is 42.5 Å². The highest BCUT2D eigenvalue weighted by Gasteiger charge is 2.12. The molecule has 124 valence electrons. The molecule has 0 saturated heterocycles. The van der Waals surface area contributed by atoms with E-state index in [0.29, 0.717) is 11.3 Å². The van der Waals surface area contributed by atoms with Crippen molar-refractivity contribution < 1.29 is 23.8 Å². The number of nitrogens with zero attached hydrogens (tertiary/aromatic N) is 1. The minimum Gasteiger partial charge on any atom is -0.507 e. The maximum Gasteiger partial charge on any atom is 0.329 e. The molecule has 2 rings (SSSR count). The number of phenolic OH excluding ortho intramolecular Hbond substituents is 1. The van der Waals surface area contributed by atoms with Gasteiger partial charge in [-0.2, -0.15) is 5.10 Å². The van der Waals surface area contributed by atoms with E-state index in [-0.39, 0.29) is 11.4 Å². The van der Waals surface area contributed by atoms with E-state index < -0.39 is 17.6 Å². The molecule has 0 fully saturated rings. The summed E-state index contributed by atoms with van der Waals surface area (Å²) in [6, 6.07) is 9.40. The lowest BCUT2D eigenvalue weighted by Crippen LogP contribution is -2.32. The van der Waals surface area contributed by atoms with Crippen molar-refractivity contribution in [1.82, 2.24) is 5.43 Å². The molecule has 0 atom stereocenters. The van der Waals surface area contributed by atoms with E-state index in [9.17, 15) is 19.1 Å². The lowest BCUT2D eigenvalue weighted by atomic mass is 10.2. The fourth-order valence-corrected chi connectivity index (χ4v) is 1.70. The number of anilines is 1. The molecule has 0 aliphatic heterocycles. The molecule has 7 nitrogen and oxygen atoms in total. The SMILES string of the molecule is COc1ccc(O)c(/C=N/NC(=O)C(=O)Nc2ccc(F)cc2)c1. The number of nitrogens with one attached hydrogen (secondary N) is 2. The molecule has 2 aromatic rings. The molecule has 0 saturated carbocycles. The van der Waals surface area contributed by atoms with Gasteiger partial charge in [0.15, 0.2) is 0 Å². The third-order valence-electron chi connectivity index (χ3n) is 2.91. The Bertz CT molecular complexity index is 775. The summed E-state index contributed by atoms with van der Waals surface area (Å²) in [5, 5.41) is 15.5. The second-order valence-electron chi connectivity index (χ2n) is 4.58. The summed E-state index contributed by atoms with van der Waals surface area (Å²) in [5.41, 5.74) is 2.59. The third kappa shape index (κ3) is 4.54. The first kappa shape index (κ1) is 16.9. The summed E-state index contributed by atoms with van der Waals surface area (Å²) in [6.45, 7) is 0. The maximum atomic E-state index is 12.8. The first-order valence-electron chi connectivity index (χ1n) is 6.76. The van der Waals surface area contributed by atoms with Gasteiger partial charge in [0.25, 0.3) is 0 Å². The highest BCUT2D eigenvalue weighted by atomic mass is 19.1. The average Bonchev–Trinajstić information content (AvgIpc) is 2.58. The molecule has 0 heterocycles. The summed E-state index contributed by atoms with van der Waals surface area (Å²) in [5.74, 6) is -2.01. The van der Waals surface area contributed by atoms with E-state index in [4.69, 9.17) is 4.74 Å². The van der Waals surface area contributed by atoms with E-state index in [1.807, 2.05) is 5.43 Å². The second-order valence-corrected chi connectivity index (χ2v) is 4.58. The average molecular weight is 331 g/mol. The topological polar surface area (TPSA) is 100 Å². The van der Waals surface area contributed by atoms with E-state index in [0.717, 1.165) is 12.1 Å². The van der Waals surface area contributed by atoms with Gasteiger partial charge < -0.3 is 15.2 Å². The summed E-state index contributed by atoms with van der Waals surface area (Å²) in [7, 11) is 1.47. The number of carbonyl (C=O) groups is 2. The Morgan fingerprint density at radius 3 is 2.54 bits per heavy atom. The van der Waals surface area contributed by atoms with Gasteiger partial charge in [0.05, 0.1) is 13.3 Å². The summed E-state index contributed by atoms with van der Waals surface area (Å²) in [4.78, 5) is 23.3. The van der Waals surface area contributed by atoms with Crippen molar-refractivity contribution in [2.24, 2.45) is 5.10 Å². The molecule has 0 bridgehead atoms. The number of rotatable bonds is 4. The van der Waals surface area contributed by atoms with Crippen LogP contribution >= 0.6 is 0 Å². The number of ether oxygens (including phenoxy) is 1. The van der Waals surface area contributed by atoms with Crippen molar-refractivity contribution in [2.45, 2.75) is 0 Å². The number of hydrogen-bond acceptors (Lipinski definition) is 5. The molecule has 0 spiro atoms. The molecule has 0 radical (unpaired) electrons. The molecule has 0 aliphatic carbocycles. The van der Waals surface area contributed by atoms with Crippen molar-refractivity contribution >= 4 is 23.7 Å². The molecule has 8 heteroatoms. The van der Waals surface area contributed by atoms with E-state index in [1.165, 1.54) is 37.6 Å². The Hall–Kier alpha value is -3.42. The fourth-order valence-electron chi connectivity index (χ4n) is 1.70. The second kappa shape index (κ2) is 7.73. The number of aromatic hydroxyl groups is 1. The molecule has 3 N–H and O–H groups in total. The Balaban J connectivity index is 1.94. The quantitative estimate of drug-likeness (QED) is 0.450. The van der Waals surface area contributed by atoms with E-state index >= 15 is 0 Å². The highest BCUT2D eigenvalue weighted by Crippen LogP contribution is 2.20. The lowest BCUT2D eigenvalue weighted by molar-refractivity contribution is -0.136. The summed E-state index contributed by atoms with van der Waals surface area (Å²) < 4.78 is 17.8. The van der Waals surface area contributed by atoms with Gasteiger partial charge in [-0.25, -0.2) is 9.82 Å². The maximum absolute atomic E-state index is 12.8. The van der Waals surface area contributed by atoms with Crippen LogP contribution in [0, 0.1) is 5.82 Å². The zero-order valence-electron chi connectivity index (χ0n) is 12.6. The van der Waals surface area contributed by atoms with Gasteiger partial charge in [0, 0.05) is 11.3 Å². The summed E-state index contributed by atoms with van der Waals surface area (Å²) >= 11 is 0. The normalized spacial score (nSPS) is 10.4. The van der Waals surface area contributed by atoms with Gasteiger partial charge in [-0.1, -0.05) is 0 Å². The Morgan fingerprint density at radius 1 is 1.17 bits per heavy atom. The zero-order valence-corrected chi connectivity index (χ0v) is 12.6. The van der Waals surface area contributed by atoms with Crippen LogP contribution in [-0.4, -0.2) is 30.2 Å². The van der Waals surface area contributed by atoms with E-state index in [2.05, 4.69) is 10.4 Å². The van der Waals surface area contributed by atoms with Crippen molar-refractivity contribution in [3.05, 3.63) is 53.8 Å². The van der Waals surface area contributed by atoms with Crippen LogP contribution in [-0.2, 0) is 9.59 Å². The number of amides is 2. The van der Waals surface area contributed by atoms with Gasteiger partial charge in [0.2, 0.25) is 0 Å². The minimum atomic E-state index is -1.02. The largest absolute Gasteiger partial charge is 0.507 e. The van der Waals surface area contributed by atoms with Crippen molar-refractivity contribution in [1.29, 1.82) is 0 Å². The predicted molar refractivity (Wildman–Crippen MR) is 85.4 cm³/mol. The monoisotopic (exact) mass is 331 g/mol. The van der Waals surface area contributed by atoms with Crippen LogP contribution in [0.4, 0.5) is 10.1 Å². The number of hydrazone groups is 1. The Kier molecular flexibility index (Phi) is 5.45. The van der Waals surface area contributed by atoms with Gasteiger partial charge in [-0.15, -0.1) is 0 Å². The van der Waals surface area contributed by atoms with Crippen LogP contribution < -0.4 is 15.5 Å². The standard InChI is InChI=1S/C16H14FN3O4/c1-24-13-6-7-14(21)10(8-13)9-18-20-16(23)15(22)19-12-4-2-11(17)3-5-12/h2-9,21H,1H3,(H,19,22)(H,20,23)/b18-9+. The van der Waals surface area contributed by atoms with Crippen molar-refractivity contribution in [2.75, 3.05) is 12.4 Å². The molecular formula is C16H14FN3O4. The smallest absolute Gasteiger partial charge is 0.329 e. The predicted octanol–water partition coefficient (Wildman–Crippen LogP) is 1.63. The molecule has 24 heavy (non-hydrogen) atoms. The Morgan fingerprint density at radius 2 is 1.88 bits per heavy atom. The molecule has 0 aliphatic rings. The molecule has 2 aromatic carbocycles. The highest BCUT2D eigenvalue weighted by molar-refractivity contribution is 6.39. The van der Waals surface area contributed by atoms with Crippen LogP contribution in [0.5, 0.6) is 11.5 Å². The van der Waals surface area contributed by atoms with Crippen LogP contribution in [0.2, 0.25) is 0 Å². The molecule has 0 unspecified atom stereocenters. The number of hydrogen-bond donors (Lipinski definition) is 3. The van der Waals surface area contributed by atoms with Crippen LogP contribution in [0.3, 0.4) is 0 Å². The molecule has 0 aromatic heterocycles. The van der Waals surface area contributed by atoms with Crippen molar-refractivity contribution in [3.8, 4) is 11.5 Å². The first-order chi connectivity index (χ1) is 11.5. The molecular weight excluding hydrogens is 317 g/mol. The van der Waals surface area contributed by atoms with Crippen LogP contribution in [0.15, 0.2) is 47.6 Å². The number of methoxy groups -OCH3 is 1. The first-order valence-corrected chi connectivity index (χ1v) is 6.76. The minimum absolute atomic E-state index is 0.0652. The number of benzene rings is 2. The lowest BCUT2D eigenvalue weighted by Gasteiger charge is -2.04. The van der Waals surface area contributed by atoms with E-state index in [1.54, 1.807) is 6.07 Å². The van der Waals surface area contributed by atoms with Crippen LogP contribution in [0.1, 0.15) is 5.56 Å². The molecule has 2 amide bonds. The number of carbonyl (C=O) groups excluding carboxylic acids is 2. The van der Waals surface area contributed by atoms with Crippen molar-refractivity contribution in [3.63, 3.8) is 0 Å². The van der Waals surface area contributed by atoms with Gasteiger partial charge >= 0.3 is 11.8 Å². The van der Waals surface area contributed by atoms with Gasteiger partial charge in [-0.3, -0.25) is 9.59 Å². The zero-order chi connectivity index (χ0) is 17.5.